The molecule has 3 heterocycles. The molecule has 490 valence electrons. The van der Waals surface area contributed by atoms with Crippen LogP contribution in [0.1, 0.15) is 106 Å². The van der Waals surface area contributed by atoms with Crippen LogP contribution in [0.3, 0.4) is 0 Å². The SMILES string of the molecule is CN(C(=O)OC(C)(C)C)[C@@H]1[C@@H](O)[C@@H](O[C@H]2[C@H](NC(=O)[C@@H](O)CNC(=O)OC(C)(C)C)C[C@H](NC(=O)OCc3ccc([N+](=O)[O-])cc3)C([C@H]3OC(CNCCCN4C(=O)c5ccccc5C4=O)=CC[C@H]3NC(=O)CCc3ccc([N+](=O)[O-])cc3)[C@@H]2O)OC[C@]1(C)O. The number of aliphatic hydroxyl groups is 4. The summed E-state index contributed by atoms with van der Waals surface area (Å²) in [6.07, 6.45) is -12.4. The lowest BCUT2D eigenvalue weighted by Crippen LogP contribution is -2.71. The second-order valence-corrected chi connectivity index (χ2v) is 24.7. The molecule has 0 radical (unpaired) electrons. The molecular weight excluding hydrogens is 1180 g/mol. The molecule has 1 aliphatic carbocycles. The topological polar surface area (TPSA) is 409 Å². The lowest BCUT2D eigenvalue weighted by Gasteiger charge is -2.52. The Balaban J connectivity index is 1.23. The minimum atomic E-state index is -2.00. The third kappa shape index (κ3) is 18.2. The highest BCUT2D eigenvalue weighted by atomic mass is 16.7. The van der Waals surface area contributed by atoms with E-state index in [1.807, 2.05) is 0 Å². The van der Waals surface area contributed by atoms with Gasteiger partial charge in [0.15, 0.2) is 6.29 Å². The highest BCUT2D eigenvalue weighted by Gasteiger charge is 2.57. The van der Waals surface area contributed by atoms with Crippen LogP contribution in [0.15, 0.2) is 84.6 Å². The summed E-state index contributed by atoms with van der Waals surface area (Å²) in [5.41, 5.74) is -2.82. The van der Waals surface area contributed by atoms with E-state index in [0.717, 1.165) is 9.80 Å². The standard InChI is InChI=1S/C60H79N9O21/c1-58(2,3)89-55(77)62-30-43(70)51(74)64-42-28-41(65-56(78)85-31-34-16-21-36(22-17-34)69(83)84)45(46(72)49(42)88-54-47(73)50(60(7,80)32-86-54)66(8)57(79)90-59(4,5)6)48-40(63-44(71)25-18-33-14-19-35(20-15-33)68(81)82)24-23-37(87-48)29-61-26-11-27-67-52(75)38-12-9-10-13-39(38)53(67)76/h9-10,12-17,19-23,40-43,45-50,54,61,70,72-73,80H,11,18,24-32H2,1-8H3,(H,62,77)(H,63,71)(H,64,74)(H,65,78)/t40-,41+,42-,43+,45?,46+,47-,48+,49+,50-,54-,60+/m1/s1. The van der Waals surface area contributed by atoms with Gasteiger partial charge in [0.05, 0.1) is 64.9 Å². The van der Waals surface area contributed by atoms with E-state index in [2.05, 4.69) is 26.6 Å². The van der Waals surface area contributed by atoms with Crippen molar-refractivity contribution in [2.24, 2.45) is 5.92 Å². The number of nitrogens with zero attached hydrogens (tertiary/aromatic N) is 4. The van der Waals surface area contributed by atoms with Gasteiger partial charge in [-0.15, -0.1) is 0 Å². The second kappa shape index (κ2) is 29.5. The zero-order valence-corrected chi connectivity index (χ0v) is 51.2. The molecule has 1 saturated heterocycles. The molecular formula is C60H79N9O21. The van der Waals surface area contributed by atoms with E-state index in [0.29, 0.717) is 28.7 Å². The number of aryl methyl sites for hydroxylation is 1. The van der Waals surface area contributed by atoms with E-state index in [-0.39, 0.29) is 56.0 Å². The number of alkyl carbamates (subject to hydrolysis) is 2. The summed E-state index contributed by atoms with van der Waals surface area (Å²) in [6.45, 7) is 9.53. The summed E-state index contributed by atoms with van der Waals surface area (Å²) in [4.78, 5) is 118. The van der Waals surface area contributed by atoms with Gasteiger partial charge in [0.1, 0.15) is 53.6 Å². The molecule has 0 spiro atoms. The van der Waals surface area contributed by atoms with Crippen molar-refractivity contribution in [1.29, 1.82) is 0 Å². The second-order valence-electron chi connectivity index (χ2n) is 24.7. The van der Waals surface area contributed by atoms with E-state index in [1.165, 1.54) is 62.5 Å². The molecule has 0 bridgehead atoms. The van der Waals surface area contributed by atoms with E-state index in [1.54, 1.807) is 71.9 Å². The van der Waals surface area contributed by atoms with Gasteiger partial charge in [-0.25, -0.2) is 14.4 Å². The van der Waals surface area contributed by atoms with Crippen LogP contribution in [-0.4, -0.2) is 200 Å². The number of imide groups is 1. The number of non-ortho nitro benzene ring substituents is 2. The predicted octanol–water partition coefficient (Wildman–Crippen LogP) is 3.00. The fraction of sp³-hybridized carbons (Fsp3) is 0.550. The molecule has 2 fully saturated rings. The Bertz CT molecular complexity index is 3100. The largest absolute Gasteiger partial charge is 0.491 e. The highest BCUT2D eigenvalue weighted by Crippen LogP contribution is 2.39. The van der Waals surface area contributed by atoms with Gasteiger partial charge >= 0.3 is 18.3 Å². The van der Waals surface area contributed by atoms with Gasteiger partial charge < -0.3 is 80.3 Å². The molecule has 7 amide bonds. The Hall–Kier alpha value is -8.39. The lowest BCUT2D eigenvalue weighted by atomic mass is 9.72. The lowest BCUT2D eigenvalue weighted by molar-refractivity contribution is -0.385. The summed E-state index contributed by atoms with van der Waals surface area (Å²) in [5.74, 6) is -3.71. The number of fused-ring (bicyclic) bond motifs is 1. The average Bonchev–Trinajstić information content (AvgIpc) is 0.930. The summed E-state index contributed by atoms with van der Waals surface area (Å²) < 4.78 is 35.7. The third-order valence-corrected chi connectivity index (χ3v) is 15.3. The maximum absolute atomic E-state index is 14.2. The maximum Gasteiger partial charge on any atom is 0.410 e. The minimum Gasteiger partial charge on any atom is -0.491 e. The monoisotopic (exact) mass is 1260 g/mol. The molecule has 3 aliphatic heterocycles. The molecule has 12 atom stereocenters. The maximum atomic E-state index is 14.2. The normalized spacial score (nSPS) is 25.3. The van der Waals surface area contributed by atoms with Crippen LogP contribution in [-0.2, 0) is 51.0 Å². The van der Waals surface area contributed by atoms with Crippen LogP contribution in [0.2, 0.25) is 0 Å². The van der Waals surface area contributed by atoms with Crippen molar-refractivity contribution in [3.05, 3.63) is 127 Å². The molecule has 9 N–H and O–H groups in total. The number of hydrogen-bond donors (Lipinski definition) is 9. The van der Waals surface area contributed by atoms with Crippen LogP contribution in [0.25, 0.3) is 0 Å². The van der Waals surface area contributed by atoms with Gasteiger partial charge in [-0.2, -0.15) is 0 Å². The first-order valence-electron chi connectivity index (χ1n) is 29.3. The summed E-state index contributed by atoms with van der Waals surface area (Å²) in [5, 5.41) is 84.9. The first kappa shape index (κ1) is 69.1. The van der Waals surface area contributed by atoms with Gasteiger partial charge in [0.2, 0.25) is 5.91 Å². The van der Waals surface area contributed by atoms with Crippen LogP contribution in [0.4, 0.5) is 25.8 Å². The van der Waals surface area contributed by atoms with Crippen LogP contribution < -0.4 is 26.6 Å². The van der Waals surface area contributed by atoms with Gasteiger partial charge in [0.25, 0.3) is 29.1 Å². The number of aliphatic hydroxyl groups excluding tert-OH is 3. The first-order chi connectivity index (χ1) is 42.3. The number of nitro benzene ring substituents is 2. The zero-order valence-electron chi connectivity index (χ0n) is 51.2. The molecule has 4 aliphatic rings. The van der Waals surface area contributed by atoms with Gasteiger partial charge in [-0.3, -0.25) is 44.3 Å². The summed E-state index contributed by atoms with van der Waals surface area (Å²) in [6, 6.07) is 11.8. The van der Waals surface area contributed by atoms with Crippen molar-refractivity contribution in [3.8, 4) is 0 Å². The Morgan fingerprint density at radius 2 is 1.41 bits per heavy atom. The predicted molar refractivity (Wildman–Crippen MR) is 316 cm³/mol. The van der Waals surface area contributed by atoms with E-state index in [4.69, 9.17) is 28.4 Å². The highest BCUT2D eigenvalue weighted by molar-refractivity contribution is 6.21. The first-order valence-corrected chi connectivity index (χ1v) is 29.3. The number of amides is 7. The number of carbonyl (C=O) groups is 7. The van der Waals surface area contributed by atoms with Crippen molar-refractivity contribution >= 4 is 53.3 Å². The Morgan fingerprint density at radius 1 is 0.811 bits per heavy atom. The van der Waals surface area contributed by atoms with Crippen LogP contribution in [0, 0.1) is 26.1 Å². The molecule has 0 aromatic heterocycles. The molecule has 30 nitrogen and oxygen atoms in total. The number of rotatable bonds is 23. The van der Waals surface area contributed by atoms with Crippen molar-refractivity contribution in [2.75, 3.05) is 39.8 Å². The van der Waals surface area contributed by atoms with Crippen molar-refractivity contribution in [1.82, 2.24) is 36.4 Å². The minimum absolute atomic E-state index is 0.0000367. The number of ether oxygens (including phenoxy) is 6. The Labute approximate surface area is 518 Å². The molecule has 3 aromatic carbocycles. The molecule has 90 heavy (non-hydrogen) atoms. The van der Waals surface area contributed by atoms with Gasteiger partial charge in [0, 0.05) is 56.2 Å². The van der Waals surface area contributed by atoms with Crippen LogP contribution >= 0.6 is 0 Å². The number of nitrogens with one attached hydrogen (secondary N) is 5. The average molecular weight is 1260 g/mol. The molecule has 1 saturated carbocycles. The number of nitro groups is 2. The van der Waals surface area contributed by atoms with E-state index < -0.39 is 162 Å². The fourth-order valence-electron chi connectivity index (χ4n) is 11.0. The van der Waals surface area contributed by atoms with Crippen LogP contribution in [0.5, 0.6) is 0 Å². The Morgan fingerprint density at radius 3 is 2.00 bits per heavy atom. The molecule has 1 unspecified atom stereocenters. The smallest absolute Gasteiger partial charge is 0.410 e. The zero-order chi connectivity index (χ0) is 66.0. The van der Waals surface area contributed by atoms with Gasteiger partial charge in [-0.05, 0) is 122 Å². The number of hydrogen-bond acceptors (Lipinski definition) is 22. The number of benzene rings is 3. The quantitative estimate of drug-likeness (QED) is 0.0217. The molecule has 3 aromatic rings. The van der Waals surface area contributed by atoms with E-state index >= 15 is 0 Å². The van der Waals surface area contributed by atoms with Crippen molar-refractivity contribution in [2.45, 2.75) is 165 Å². The van der Waals surface area contributed by atoms with E-state index in [9.17, 15) is 74.2 Å². The van der Waals surface area contributed by atoms with Gasteiger partial charge in [-0.1, -0.05) is 24.3 Å². The number of carbonyl (C=O) groups excluding carboxylic acids is 7. The van der Waals surface area contributed by atoms with Crippen molar-refractivity contribution < 1.29 is 92.3 Å². The Kier molecular flexibility index (Phi) is 22.6. The fourth-order valence-corrected chi connectivity index (χ4v) is 11.0. The molecule has 30 heteroatoms. The van der Waals surface area contributed by atoms with Crippen molar-refractivity contribution in [3.63, 3.8) is 0 Å². The number of likely N-dealkylation sites (N-methyl/N-ethyl adjacent to an activating group) is 1. The molecule has 7 rings (SSSR count). The summed E-state index contributed by atoms with van der Waals surface area (Å²) in [7, 11) is 1.27. The third-order valence-electron chi connectivity index (χ3n) is 15.3. The summed E-state index contributed by atoms with van der Waals surface area (Å²) >= 11 is 0.